The highest BCUT2D eigenvalue weighted by Gasteiger charge is 2.06. The molecule has 0 spiro atoms. The summed E-state index contributed by atoms with van der Waals surface area (Å²) in [6, 6.07) is 5.42. The summed E-state index contributed by atoms with van der Waals surface area (Å²) in [5.41, 5.74) is 7.31. The molecule has 0 aliphatic carbocycles. The summed E-state index contributed by atoms with van der Waals surface area (Å²) in [5.74, 6) is 0.982. The third kappa shape index (κ3) is 4.30. The van der Waals surface area contributed by atoms with Crippen molar-refractivity contribution in [2.24, 2.45) is 0 Å². The fourth-order valence-electron chi connectivity index (χ4n) is 1.48. The Balaban J connectivity index is 2.66. The monoisotopic (exact) mass is 252 g/mol. The summed E-state index contributed by atoms with van der Waals surface area (Å²) in [5, 5.41) is 2.62. The summed E-state index contributed by atoms with van der Waals surface area (Å²) in [6.07, 6.45) is 3.64. The quantitative estimate of drug-likeness (QED) is 0.465. The SMILES string of the molecule is CCCCCSc1cc(C(=O)NC)ccc1N. The fraction of sp³-hybridized carbons (Fsp3) is 0.462. The molecule has 0 unspecified atom stereocenters. The number of carbonyl (C=O) groups is 1. The Morgan fingerprint density at radius 3 is 2.82 bits per heavy atom. The molecule has 0 fully saturated rings. The number of anilines is 1. The number of amides is 1. The lowest BCUT2D eigenvalue weighted by atomic mass is 10.2. The lowest BCUT2D eigenvalue weighted by molar-refractivity contribution is 0.0963. The molecule has 0 saturated carbocycles. The van der Waals surface area contributed by atoms with Gasteiger partial charge in [0.25, 0.3) is 5.91 Å². The van der Waals surface area contributed by atoms with E-state index in [0.717, 1.165) is 16.3 Å². The minimum absolute atomic E-state index is 0.0691. The van der Waals surface area contributed by atoms with Gasteiger partial charge in [-0.05, 0) is 30.4 Å². The summed E-state index contributed by atoms with van der Waals surface area (Å²) < 4.78 is 0. The third-order valence-corrected chi connectivity index (χ3v) is 3.67. The molecule has 1 aromatic carbocycles. The van der Waals surface area contributed by atoms with E-state index in [1.165, 1.54) is 19.3 Å². The van der Waals surface area contributed by atoms with Crippen LogP contribution in [0.2, 0.25) is 0 Å². The van der Waals surface area contributed by atoms with Gasteiger partial charge in [-0.1, -0.05) is 19.8 Å². The number of nitrogens with one attached hydrogen (secondary N) is 1. The average molecular weight is 252 g/mol. The van der Waals surface area contributed by atoms with Crippen molar-refractivity contribution in [1.29, 1.82) is 0 Å². The van der Waals surface area contributed by atoms with Gasteiger partial charge in [-0.25, -0.2) is 0 Å². The van der Waals surface area contributed by atoms with Crippen LogP contribution in [0.5, 0.6) is 0 Å². The van der Waals surface area contributed by atoms with E-state index in [1.807, 2.05) is 6.07 Å². The molecule has 0 atom stereocenters. The minimum Gasteiger partial charge on any atom is -0.398 e. The molecular weight excluding hydrogens is 232 g/mol. The van der Waals surface area contributed by atoms with Gasteiger partial charge in [-0.3, -0.25) is 4.79 Å². The van der Waals surface area contributed by atoms with Gasteiger partial charge in [0, 0.05) is 23.2 Å². The van der Waals surface area contributed by atoms with Gasteiger partial charge in [-0.15, -0.1) is 11.8 Å². The number of rotatable bonds is 6. The van der Waals surface area contributed by atoms with Crippen LogP contribution in [0.25, 0.3) is 0 Å². The maximum absolute atomic E-state index is 11.5. The van der Waals surface area contributed by atoms with E-state index in [9.17, 15) is 4.79 Å². The molecule has 0 bridgehead atoms. The summed E-state index contributed by atoms with van der Waals surface area (Å²) >= 11 is 1.72. The van der Waals surface area contributed by atoms with Crippen LogP contribution in [0, 0.1) is 0 Å². The molecule has 0 aliphatic rings. The van der Waals surface area contributed by atoms with Crippen LogP contribution in [0.15, 0.2) is 23.1 Å². The van der Waals surface area contributed by atoms with Crippen LogP contribution in [0.1, 0.15) is 36.5 Å². The van der Waals surface area contributed by atoms with Crippen molar-refractivity contribution in [3.05, 3.63) is 23.8 Å². The molecule has 17 heavy (non-hydrogen) atoms. The van der Waals surface area contributed by atoms with Crippen molar-refractivity contribution in [3.63, 3.8) is 0 Å². The highest BCUT2D eigenvalue weighted by molar-refractivity contribution is 7.99. The Morgan fingerprint density at radius 2 is 2.18 bits per heavy atom. The second-order valence-electron chi connectivity index (χ2n) is 3.89. The molecule has 94 valence electrons. The first-order valence-electron chi connectivity index (χ1n) is 5.93. The van der Waals surface area contributed by atoms with Gasteiger partial charge < -0.3 is 11.1 Å². The van der Waals surface area contributed by atoms with Gasteiger partial charge >= 0.3 is 0 Å². The molecule has 3 nitrogen and oxygen atoms in total. The predicted octanol–water partition coefficient (Wildman–Crippen LogP) is 2.91. The molecule has 1 amide bonds. The lowest BCUT2D eigenvalue weighted by Gasteiger charge is -2.07. The first-order chi connectivity index (χ1) is 8.19. The molecule has 0 saturated heterocycles. The van der Waals surface area contributed by atoms with Crippen LogP contribution in [-0.2, 0) is 0 Å². The minimum atomic E-state index is -0.0691. The van der Waals surface area contributed by atoms with Crippen LogP contribution >= 0.6 is 11.8 Å². The Labute approximate surface area is 107 Å². The molecule has 0 aliphatic heterocycles. The predicted molar refractivity (Wildman–Crippen MR) is 74.5 cm³/mol. The number of hydrogen-bond donors (Lipinski definition) is 2. The number of hydrogen-bond acceptors (Lipinski definition) is 3. The molecule has 1 rings (SSSR count). The maximum Gasteiger partial charge on any atom is 0.251 e. The van der Waals surface area contributed by atoms with Crippen molar-refractivity contribution in [1.82, 2.24) is 5.32 Å². The molecule has 0 aromatic heterocycles. The molecular formula is C13H20N2OS. The third-order valence-electron chi connectivity index (χ3n) is 2.51. The maximum atomic E-state index is 11.5. The second-order valence-corrected chi connectivity index (χ2v) is 5.02. The van der Waals surface area contributed by atoms with Crippen molar-refractivity contribution in [3.8, 4) is 0 Å². The topological polar surface area (TPSA) is 55.1 Å². The second kappa shape index (κ2) is 7.22. The number of unbranched alkanes of at least 4 members (excludes halogenated alkanes) is 2. The molecule has 4 heteroatoms. The number of carbonyl (C=O) groups excluding carboxylic acids is 1. The zero-order valence-electron chi connectivity index (χ0n) is 10.5. The van der Waals surface area contributed by atoms with Crippen molar-refractivity contribution < 1.29 is 4.79 Å². The summed E-state index contributed by atoms with van der Waals surface area (Å²) in [7, 11) is 1.63. The number of nitrogen functional groups attached to an aromatic ring is 1. The summed E-state index contributed by atoms with van der Waals surface area (Å²) in [4.78, 5) is 12.5. The van der Waals surface area contributed by atoms with E-state index in [1.54, 1.807) is 30.9 Å². The Morgan fingerprint density at radius 1 is 1.41 bits per heavy atom. The first-order valence-corrected chi connectivity index (χ1v) is 6.92. The summed E-state index contributed by atoms with van der Waals surface area (Å²) in [6.45, 7) is 2.19. The van der Waals surface area contributed by atoms with Crippen molar-refractivity contribution in [2.45, 2.75) is 31.1 Å². The van der Waals surface area contributed by atoms with Gasteiger partial charge in [0.15, 0.2) is 0 Å². The average Bonchev–Trinajstić information content (AvgIpc) is 2.35. The normalized spacial score (nSPS) is 10.2. The van der Waals surface area contributed by atoms with Crippen molar-refractivity contribution >= 4 is 23.4 Å². The van der Waals surface area contributed by atoms with E-state index in [2.05, 4.69) is 12.2 Å². The van der Waals surface area contributed by atoms with E-state index in [4.69, 9.17) is 5.73 Å². The number of thioether (sulfide) groups is 1. The Kier molecular flexibility index (Phi) is 5.91. The van der Waals surface area contributed by atoms with Crippen LogP contribution < -0.4 is 11.1 Å². The van der Waals surface area contributed by atoms with Gasteiger partial charge in [0.05, 0.1) is 0 Å². The standard InChI is InChI=1S/C13H20N2OS/c1-3-4-5-8-17-12-9-10(13(16)15-2)6-7-11(12)14/h6-7,9H,3-5,8,14H2,1-2H3,(H,15,16). The number of benzene rings is 1. The van der Waals surface area contributed by atoms with Gasteiger partial charge in [0.1, 0.15) is 0 Å². The molecule has 0 radical (unpaired) electrons. The van der Waals surface area contributed by atoms with Crippen LogP contribution in [-0.4, -0.2) is 18.7 Å². The van der Waals surface area contributed by atoms with E-state index in [-0.39, 0.29) is 5.91 Å². The number of nitrogens with two attached hydrogens (primary N) is 1. The van der Waals surface area contributed by atoms with E-state index < -0.39 is 0 Å². The molecule has 1 aromatic rings. The van der Waals surface area contributed by atoms with Crippen LogP contribution in [0.4, 0.5) is 5.69 Å². The zero-order valence-corrected chi connectivity index (χ0v) is 11.3. The fourth-order valence-corrected chi connectivity index (χ4v) is 2.49. The lowest BCUT2D eigenvalue weighted by Crippen LogP contribution is -2.17. The van der Waals surface area contributed by atoms with E-state index in [0.29, 0.717) is 5.56 Å². The van der Waals surface area contributed by atoms with E-state index >= 15 is 0 Å². The Hall–Kier alpha value is -1.16. The highest BCUT2D eigenvalue weighted by atomic mass is 32.2. The molecule has 0 heterocycles. The smallest absolute Gasteiger partial charge is 0.251 e. The zero-order chi connectivity index (χ0) is 12.7. The Bertz CT molecular complexity index is 380. The van der Waals surface area contributed by atoms with Crippen molar-refractivity contribution in [2.75, 3.05) is 18.5 Å². The van der Waals surface area contributed by atoms with Gasteiger partial charge in [-0.2, -0.15) is 0 Å². The largest absolute Gasteiger partial charge is 0.398 e. The first kappa shape index (κ1) is 13.9. The molecule has 3 N–H and O–H groups in total. The van der Waals surface area contributed by atoms with Gasteiger partial charge in [0.2, 0.25) is 0 Å². The van der Waals surface area contributed by atoms with Crippen LogP contribution in [0.3, 0.4) is 0 Å². The highest BCUT2D eigenvalue weighted by Crippen LogP contribution is 2.27.